The number of benzene rings is 2. The fourth-order valence-corrected chi connectivity index (χ4v) is 3.64. The van der Waals surface area contributed by atoms with Crippen LogP contribution in [-0.4, -0.2) is 23.3 Å². The number of carbonyl (C=O) groups is 2. The van der Waals surface area contributed by atoms with Crippen molar-refractivity contribution in [1.29, 1.82) is 0 Å². The SMILES string of the molecule is CC(C)(C)c1ccc(C(=O)C(=O)NCC2(O)CCCc3ccccc32)cc1. The molecule has 0 heterocycles. The zero-order chi connectivity index (χ0) is 19.7. The van der Waals surface area contributed by atoms with Crippen LogP contribution in [0.2, 0.25) is 0 Å². The summed E-state index contributed by atoms with van der Waals surface area (Å²) in [4.78, 5) is 24.8. The van der Waals surface area contributed by atoms with Crippen LogP contribution in [0.25, 0.3) is 0 Å². The molecule has 4 nitrogen and oxygen atoms in total. The van der Waals surface area contributed by atoms with Crippen molar-refractivity contribution >= 4 is 11.7 Å². The van der Waals surface area contributed by atoms with Gasteiger partial charge in [-0.1, -0.05) is 69.3 Å². The third-order valence-electron chi connectivity index (χ3n) is 5.32. The molecular weight excluding hydrogens is 338 g/mol. The number of amides is 1. The molecule has 0 aromatic heterocycles. The Labute approximate surface area is 160 Å². The van der Waals surface area contributed by atoms with Gasteiger partial charge in [0.1, 0.15) is 5.60 Å². The summed E-state index contributed by atoms with van der Waals surface area (Å²) in [6.45, 7) is 6.33. The normalized spacial score (nSPS) is 19.3. The molecule has 1 unspecified atom stereocenters. The van der Waals surface area contributed by atoms with Gasteiger partial charge in [0.25, 0.3) is 5.91 Å². The van der Waals surface area contributed by atoms with Crippen LogP contribution in [0.3, 0.4) is 0 Å². The Balaban J connectivity index is 1.68. The lowest BCUT2D eigenvalue weighted by atomic mass is 9.79. The van der Waals surface area contributed by atoms with Crippen molar-refractivity contribution in [1.82, 2.24) is 5.32 Å². The van der Waals surface area contributed by atoms with E-state index in [4.69, 9.17) is 0 Å². The van der Waals surface area contributed by atoms with Crippen molar-refractivity contribution in [3.05, 3.63) is 70.8 Å². The largest absolute Gasteiger partial charge is 0.383 e. The van der Waals surface area contributed by atoms with E-state index >= 15 is 0 Å². The second-order valence-electron chi connectivity index (χ2n) is 8.38. The average Bonchev–Trinajstić information content (AvgIpc) is 2.65. The number of hydrogen-bond donors (Lipinski definition) is 2. The van der Waals surface area contributed by atoms with Crippen molar-refractivity contribution in [3.63, 3.8) is 0 Å². The first-order valence-electron chi connectivity index (χ1n) is 9.44. The third-order valence-corrected chi connectivity index (χ3v) is 5.32. The minimum atomic E-state index is -1.12. The van der Waals surface area contributed by atoms with Gasteiger partial charge in [-0.3, -0.25) is 9.59 Å². The number of aliphatic hydroxyl groups is 1. The third kappa shape index (κ3) is 4.11. The molecule has 0 fully saturated rings. The molecule has 0 aliphatic heterocycles. The molecule has 1 aliphatic carbocycles. The molecule has 4 heteroatoms. The number of aryl methyl sites for hydroxylation is 1. The van der Waals surface area contributed by atoms with Crippen LogP contribution in [0.1, 0.15) is 60.7 Å². The molecule has 0 saturated heterocycles. The zero-order valence-electron chi connectivity index (χ0n) is 16.2. The summed E-state index contributed by atoms with van der Waals surface area (Å²) in [5, 5.41) is 13.7. The zero-order valence-corrected chi connectivity index (χ0v) is 16.2. The Kier molecular flexibility index (Phi) is 5.20. The number of nitrogens with one attached hydrogen (secondary N) is 1. The number of Topliss-reactive ketones (excluding diaryl/α,β-unsaturated/α-hetero) is 1. The highest BCUT2D eigenvalue weighted by Gasteiger charge is 2.35. The minimum absolute atomic E-state index is 0.0124. The van der Waals surface area contributed by atoms with Gasteiger partial charge in [0.15, 0.2) is 0 Å². The summed E-state index contributed by atoms with van der Waals surface area (Å²) in [6, 6.07) is 14.9. The molecular formula is C23H27NO3. The molecule has 1 amide bonds. The number of hydrogen-bond acceptors (Lipinski definition) is 3. The Hall–Kier alpha value is -2.46. The van der Waals surface area contributed by atoms with E-state index in [0.717, 1.165) is 29.5 Å². The highest BCUT2D eigenvalue weighted by Crippen LogP contribution is 2.34. The lowest BCUT2D eigenvalue weighted by Crippen LogP contribution is -2.44. The standard InChI is InChI=1S/C23H27NO3/c1-22(2,3)18-12-10-17(11-13-18)20(25)21(26)24-15-23(27)14-6-8-16-7-4-5-9-19(16)23/h4-5,7,9-13,27H,6,8,14-15H2,1-3H3,(H,24,26). The van der Waals surface area contributed by atoms with Gasteiger partial charge in [-0.2, -0.15) is 0 Å². The Morgan fingerprint density at radius 2 is 1.74 bits per heavy atom. The fourth-order valence-electron chi connectivity index (χ4n) is 3.64. The first-order chi connectivity index (χ1) is 12.7. The van der Waals surface area contributed by atoms with Crippen molar-refractivity contribution in [3.8, 4) is 0 Å². The van der Waals surface area contributed by atoms with E-state index in [1.807, 2.05) is 36.4 Å². The van der Waals surface area contributed by atoms with Gasteiger partial charge in [-0.15, -0.1) is 0 Å². The van der Waals surface area contributed by atoms with Gasteiger partial charge >= 0.3 is 0 Å². The van der Waals surface area contributed by atoms with Crippen LogP contribution in [0.15, 0.2) is 48.5 Å². The lowest BCUT2D eigenvalue weighted by molar-refractivity contribution is -0.118. The van der Waals surface area contributed by atoms with E-state index in [1.165, 1.54) is 0 Å². The summed E-state index contributed by atoms with van der Waals surface area (Å²) in [5.74, 6) is -1.27. The summed E-state index contributed by atoms with van der Waals surface area (Å²) >= 11 is 0. The van der Waals surface area contributed by atoms with Gasteiger partial charge in [0, 0.05) is 5.56 Å². The highest BCUT2D eigenvalue weighted by molar-refractivity contribution is 6.42. The summed E-state index contributed by atoms with van der Waals surface area (Å²) in [6.07, 6.45) is 2.34. The Bertz CT molecular complexity index is 849. The molecule has 2 aromatic rings. The van der Waals surface area contributed by atoms with E-state index in [1.54, 1.807) is 12.1 Å². The van der Waals surface area contributed by atoms with Gasteiger partial charge < -0.3 is 10.4 Å². The van der Waals surface area contributed by atoms with Crippen LogP contribution >= 0.6 is 0 Å². The molecule has 27 heavy (non-hydrogen) atoms. The Morgan fingerprint density at radius 3 is 2.41 bits per heavy atom. The number of carbonyl (C=O) groups excluding carboxylic acids is 2. The minimum Gasteiger partial charge on any atom is -0.383 e. The molecule has 2 aromatic carbocycles. The summed E-state index contributed by atoms with van der Waals surface area (Å²) < 4.78 is 0. The topological polar surface area (TPSA) is 66.4 Å². The molecule has 0 spiro atoms. The number of ketones is 1. The monoisotopic (exact) mass is 365 g/mol. The molecule has 1 aliphatic rings. The number of rotatable bonds is 4. The van der Waals surface area contributed by atoms with Crippen molar-refractivity contribution in [2.75, 3.05) is 6.54 Å². The molecule has 0 saturated carbocycles. The lowest BCUT2D eigenvalue weighted by Gasteiger charge is -2.34. The molecule has 142 valence electrons. The smallest absolute Gasteiger partial charge is 0.292 e. The average molecular weight is 365 g/mol. The molecule has 1 atom stereocenters. The van der Waals surface area contributed by atoms with E-state index in [9.17, 15) is 14.7 Å². The molecule has 2 N–H and O–H groups in total. The quantitative estimate of drug-likeness (QED) is 0.644. The van der Waals surface area contributed by atoms with Crippen molar-refractivity contribution in [2.45, 2.75) is 51.0 Å². The maximum atomic E-state index is 12.4. The number of fused-ring (bicyclic) bond motifs is 1. The van der Waals surface area contributed by atoms with E-state index < -0.39 is 17.3 Å². The highest BCUT2D eigenvalue weighted by atomic mass is 16.3. The second-order valence-corrected chi connectivity index (χ2v) is 8.38. The summed E-state index contributed by atoms with van der Waals surface area (Å²) in [7, 11) is 0. The first kappa shape index (κ1) is 19.3. The van der Waals surface area contributed by atoms with Crippen LogP contribution in [0, 0.1) is 0 Å². The van der Waals surface area contributed by atoms with E-state index in [-0.39, 0.29) is 12.0 Å². The van der Waals surface area contributed by atoms with Crippen LogP contribution in [0.4, 0.5) is 0 Å². The second kappa shape index (κ2) is 7.28. The maximum absolute atomic E-state index is 12.4. The maximum Gasteiger partial charge on any atom is 0.292 e. The molecule has 0 radical (unpaired) electrons. The fraction of sp³-hybridized carbons (Fsp3) is 0.391. The van der Waals surface area contributed by atoms with Gasteiger partial charge in [-0.25, -0.2) is 0 Å². The van der Waals surface area contributed by atoms with Crippen LogP contribution < -0.4 is 5.32 Å². The van der Waals surface area contributed by atoms with Gasteiger partial charge in [0.2, 0.25) is 5.78 Å². The summed E-state index contributed by atoms with van der Waals surface area (Å²) in [5.41, 5.74) is 2.27. The predicted molar refractivity (Wildman–Crippen MR) is 106 cm³/mol. The molecule has 0 bridgehead atoms. The van der Waals surface area contributed by atoms with Crippen LogP contribution in [0.5, 0.6) is 0 Å². The van der Waals surface area contributed by atoms with Crippen molar-refractivity contribution in [2.24, 2.45) is 0 Å². The molecule has 3 rings (SSSR count). The van der Waals surface area contributed by atoms with Gasteiger partial charge in [-0.05, 0) is 41.4 Å². The van der Waals surface area contributed by atoms with Gasteiger partial charge in [0.05, 0.1) is 6.54 Å². The van der Waals surface area contributed by atoms with E-state index in [0.29, 0.717) is 12.0 Å². The first-order valence-corrected chi connectivity index (χ1v) is 9.44. The van der Waals surface area contributed by atoms with E-state index in [2.05, 4.69) is 26.1 Å². The van der Waals surface area contributed by atoms with Crippen molar-refractivity contribution < 1.29 is 14.7 Å². The van der Waals surface area contributed by atoms with Crippen LogP contribution in [-0.2, 0) is 22.2 Å². The predicted octanol–water partition coefficient (Wildman–Crippen LogP) is 3.51. The Morgan fingerprint density at radius 1 is 1.07 bits per heavy atom.